The summed E-state index contributed by atoms with van der Waals surface area (Å²) in [6.45, 7) is 0.485. The van der Waals surface area contributed by atoms with Crippen molar-refractivity contribution in [2.75, 3.05) is 0 Å². The molecule has 0 atom stereocenters. The largest absolute Gasteiger partial charge is 0.489 e. The van der Waals surface area contributed by atoms with E-state index in [-0.39, 0.29) is 11.9 Å². The second-order valence-electron chi connectivity index (χ2n) is 9.81. The van der Waals surface area contributed by atoms with Crippen molar-refractivity contribution in [1.29, 1.82) is 0 Å². The molecule has 0 bridgehead atoms. The van der Waals surface area contributed by atoms with Gasteiger partial charge in [0.2, 0.25) is 0 Å². The lowest BCUT2D eigenvalue weighted by molar-refractivity contribution is -0.124. The molecule has 38 heavy (non-hydrogen) atoms. The van der Waals surface area contributed by atoms with Crippen LogP contribution in [0.4, 0.5) is 5.69 Å². The molecule has 4 aromatic carbocycles. The van der Waals surface area contributed by atoms with E-state index >= 15 is 0 Å². The number of carbonyl (C=O) groups excluding carboxylic acids is 1. The molecule has 1 saturated carbocycles. The van der Waals surface area contributed by atoms with Crippen molar-refractivity contribution in [2.45, 2.75) is 44.8 Å². The van der Waals surface area contributed by atoms with Gasteiger partial charge in [0.05, 0.1) is 10.6 Å². The van der Waals surface area contributed by atoms with E-state index in [1.54, 1.807) is 0 Å². The van der Waals surface area contributed by atoms with Gasteiger partial charge in [0.25, 0.3) is 5.91 Å². The van der Waals surface area contributed by atoms with Crippen LogP contribution in [0.1, 0.15) is 43.2 Å². The van der Waals surface area contributed by atoms with Crippen LogP contribution in [0.3, 0.4) is 0 Å². The van der Waals surface area contributed by atoms with Crippen molar-refractivity contribution in [3.05, 3.63) is 113 Å². The number of para-hydroxylation sites is 1. The van der Waals surface area contributed by atoms with Crippen LogP contribution in [-0.4, -0.2) is 22.0 Å². The van der Waals surface area contributed by atoms with Crippen LogP contribution in [-0.2, 0) is 11.4 Å². The highest BCUT2D eigenvalue weighted by molar-refractivity contribution is 8.18. The summed E-state index contributed by atoms with van der Waals surface area (Å²) in [6, 6.07) is 32.7. The Morgan fingerprint density at radius 3 is 2.50 bits per heavy atom. The number of amides is 1. The predicted molar refractivity (Wildman–Crippen MR) is 158 cm³/mol. The summed E-state index contributed by atoms with van der Waals surface area (Å²) in [5.41, 5.74) is 2.97. The van der Waals surface area contributed by atoms with Gasteiger partial charge in [-0.1, -0.05) is 92.1 Å². The Balaban J connectivity index is 1.24. The molecule has 0 spiro atoms. The molecule has 2 fully saturated rings. The number of rotatable bonds is 6. The Bertz CT molecular complexity index is 1500. The van der Waals surface area contributed by atoms with E-state index in [1.165, 1.54) is 29.0 Å². The minimum absolute atomic E-state index is 0.0543. The highest BCUT2D eigenvalue weighted by Gasteiger charge is 2.38. The smallest absolute Gasteiger partial charge is 0.267 e. The summed E-state index contributed by atoms with van der Waals surface area (Å²) in [5.74, 6) is 0.837. The Hall–Kier alpha value is -3.83. The molecule has 4 aromatic rings. The maximum Gasteiger partial charge on any atom is 0.267 e. The molecule has 1 aliphatic heterocycles. The Kier molecular flexibility index (Phi) is 7.27. The first kappa shape index (κ1) is 24.5. The monoisotopic (exact) mass is 518 g/mol. The number of nitrogens with zero attached hydrogens (tertiary/aromatic N) is 2. The molecule has 0 radical (unpaired) electrons. The van der Waals surface area contributed by atoms with Gasteiger partial charge in [-0.3, -0.25) is 9.69 Å². The fourth-order valence-electron chi connectivity index (χ4n) is 5.26. The first-order valence-corrected chi connectivity index (χ1v) is 14.1. The van der Waals surface area contributed by atoms with Crippen molar-refractivity contribution in [3.63, 3.8) is 0 Å². The summed E-state index contributed by atoms with van der Waals surface area (Å²) >= 11 is 1.47. The van der Waals surface area contributed by atoms with E-state index < -0.39 is 0 Å². The summed E-state index contributed by atoms with van der Waals surface area (Å²) in [5, 5.41) is 3.19. The van der Waals surface area contributed by atoms with Crippen LogP contribution < -0.4 is 4.74 Å². The van der Waals surface area contributed by atoms with Gasteiger partial charge in [-0.25, -0.2) is 4.99 Å². The lowest BCUT2D eigenvalue weighted by Gasteiger charge is -2.30. The third-order valence-corrected chi connectivity index (χ3v) is 8.17. The summed E-state index contributed by atoms with van der Waals surface area (Å²) in [7, 11) is 0. The maximum absolute atomic E-state index is 13.7. The average Bonchev–Trinajstić information content (AvgIpc) is 3.26. The van der Waals surface area contributed by atoms with Crippen molar-refractivity contribution >= 4 is 45.4 Å². The van der Waals surface area contributed by atoms with E-state index in [0.717, 1.165) is 53.4 Å². The molecule has 6 rings (SSSR count). The number of carbonyl (C=O) groups is 1. The molecule has 190 valence electrons. The van der Waals surface area contributed by atoms with Gasteiger partial charge in [0.1, 0.15) is 12.4 Å². The molecule has 2 aliphatic rings. The average molecular weight is 519 g/mol. The molecule has 0 N–H and O–H groups in total. The molecule has 5 heteroatoms. The second kappa shape index (κ2) is 11.3. The zero-order valence-electron chi connectivity index (χ0n) is 21.3. The van der Waals surface area contributed by atoms with E-state index in [0.29, 0.717) is 11.5 Å². The number of aliphatic imine (C=N–C) groups is 1. The molecule has 1 aliphatic carbocycles. The third kappa shape index (κ3) is 5.39. The first-order valence-electron chi connectivity index (χ1n) is 13.3. The highest BCUT2D eigenvalue weighted by atomic mass is 32.2. The first-order chi connectivity index (χ1) is 18.7. The van der Waals surface area contributed by atoms with Crippen LogP contribution in [0.25, 0.3) is 16.8 Å². The Labute approximate surface area is 228 Å². The van der Waals surface area contributed by atoms with Crippen LogP contribution >= 0.6 is 11.8 Å². The number of ether oxygens (including phenoxy) is 1. The third-order valence-electron chi connectivity index (χ3n) is 7.19. The highest BCUT2D eigenvalue weighted by Crippen LogP contribution is 2.38. The number of hydrogen-bond acceptors (Lipinski definition) is 4. The zero-order valence-corrected chi connectivity index (χ0v) is 22.1. The van der Waals surface area contributed by atoms with Crippen molar-refractivity contribution in [1.82, 2.24) is 4.90 Å². The van der Waals surface area contributed by atoms with Gasteiger partial charge < -0.3 is 4.74 Å². The van der Waals surface area contributed by atoms with E-state index in [4.69, 9.17) is 9.73 Å². The Morgan fingerprint density at radius 1 is 0.868 bits per heavy atom. The molecule has 1 saturated heterocycles. The van der Waals surface area contributed by atoms with Crippen molar-refractivity contribution < 1.29 is 9.53 Å². The van der Waals surface area contributed by atoms with Crippen LogP contribution in [0, 0.1) is 0 Å². The SMILES string of the molecule is O=C1C(=Cc2cccc(OCc3cccc4ccccc34)c2)SC(=Nc2ccccc2)N1C1CCCCC1. The molecule has 1 amide bonds. The topological polar surface area (TPSA) is 41.9 Å². The predicted octanol–water partition coefficient (Wildman–Crippen LogP) is 8.36. The molecule has 1 heterocycles. The van der Waals surface area contributed by atoms with E-state index in [2.05, 4.69) is 42.5 Å². The minimum atomic E-state index is 0.0543. The normalized spacial score (nSPS) is 18.5. The van der Waals surface area contributed by atoms with Crippen molar-refractivity contribution in [2.24, 2.45) is 4.99 Å². The number of fused-ring (bicyclic) bond motifs is 1. The fraction of sp³-hybridized carbons (Fsp3) is 0.212. The van der Waals surface area contributed by atoms with Gasteiger partial charge in [-0.05, 0) is 76.8 Å². The van der Waals surface area contributed by atoms with E-state index in [9.17, 15) is 4.79 Å². The number of thioether (sulfide) groups is 1. The molecule has 4 nitrogen and oxygen atoms in total. The van der Waals surface area contributed by atoms with Crippen molar-refractivity contribution in [3.8, 4) is 5.75 Å². The van der Waals surface area contributed by atoms with Gasteiger partial charge in [-0.2, -0.15) is 0 Å². The zero-order chi connectivity index (χ0) is 25.7. The fourth-order valence-corrected chi connectivity index (χ4v) is 6.32. The second-order valence-corrected chi connectivity index (χ2v) is 10.8. The number of hydrogen-bond donors (Lipinski definition) is 0. The van der Waals surface area contributed by atoms with Crippen LogP contribution in [0.15, 0.2) is 107 Å². The summed E-state index contributed by atoms with van der Waals surface area (Å²) in [6.07, 6.45) is 7.60. The summed E-state index contributed by atoms with van der Waals surface area (Å²) in [4.78, 5) is 21.2. The molecular formula is C33H30N2O2S. The van der Waals surface area contributed by atoms with E-state index in [1.807, 2.05) is 65.6 Å². The van der Waals surface area contributed by atoms with Crippen LogP contribution in [0.5, 0.6) is 5.75 Å². The lowest BCUT2D eigenvalue weighted by Crippen LogP contribution is -2.40. The number of benzene rings is 4. The quantitative estimate of drug-likeness (QED) is 0.241. The van der Waals surface area contributed by atoms with Gasteiger partial charge in [0, 0.05) is 6.04 Å². The summed E-state index contributed by atoms with van der Waals surface area (Å²) < 4.78 is 6.19. The van der Waals surface area contributed by atoms with Gasteiger partial charge in [0.15, 0.2) is 5.17 Å². The maximum atomic E-state index is 13.7. The van der Waals surface area contributed by atoms with Gasteiger partial charge >= 0.3 is 0 Å². The number of amidine groups is 1. The Morgan fingerprint density at radius 2 is 1.63 bits per heavy atom. The lowest BCUT2D eigenvalue weighted by atomic mass is 9.94. The van der Waals surface area contributed by atoms with Crippen LogP contribution in [0.2, 0.25) is 0 Å². The molecular weight excluding hydrogens is 488 g/mol. The minimum Gasteiger partial charge on any atom is -0.489 e. The molecule has 0 aromatic heterocycles. The molecule has 0 unspecified atom stereocenters. The standard InChI is InChI=1S/C33H30N2O2S/c36-32-31(38-33(34-27-15-3-1-4-16-27)35(32)28-17-5-2-6-18-28)22-24-11-9-19-29(21-24)37-23-26-14-10-13-25-12-7-8-20-30(25)26/h1,3-4,7-16,19-22,28H,2,5-6,17-18,23H2. The van der Waals surface area contributed by atoms with Gasteiger partial charge in [-0.15, -0.1) is 0 Å².